The first kappa shape index (κ1) is 17.2. The van der Waals surface area contributed by atoms with E-state index in [9.17, 15) is 4.79 Å². The molecule has 4 aromatic rings. The van der Waals surface area contributed by atoms with Crippen molar-refractivity contribution in [3.8, 4) is 17.0 Å². The topological polar surface area (TPSA) is 68.5 Å². The van der Waals surface area contributed by atoms with Crippen LogP contribution < -0.4 is 10.1 Å². The average molecular weight is 378 g/mol. The lowest BCUT2D eigenvalue weighted by Crippen LogP contribution is -2.21. The SMILES string of the molecule is Cc1cccc(OCC(=O)Nc2nc3scc(-c4ccccc4)n3n2)c1C. The van der Waals surface area contributed by atoms with Crippen LogP contribution >= 0.6 is 11.3 Å². The molecule has 2 aromatic heterocycles. The molecule has 0 aliphatic carbocycles. The Bertz CT molecular complexity index is 1100. The van der Waals surface area contributed by atoms with Gasteiger partial charge in [-0.2, -0.15) is 4.98 Å². The first-order chi connectivity index (χ1) is 13.1. The second-order valence-corrected chi connectivity index (χ2v) is 6.99. The Morgan fingerprint density at radius 2 is 1.96 bits per heavy atom. The fraction of sp³-hybridized carbons (Fsp3) is 0.150. The van der Waals surface area contributed by atoms with Crippen molar-refractivity contribution in [2.45, 2.75) is 13.8 Å². The number of nitrogens with one attached hydrogen (secondary N) is 1. The maximum absolute atomic E-state index is 12.2. The van der Waals surface area contributed by atoms with Gasteiger partial charge in [0.1, 0.15) is 5.75 Å². The van der Waals surface area contributed by atoms with E-state index in [-0.39, 0.29) is 18.5 Å². The van der Waals surface area contributed by atoms with Crippen molar-refractivity contribution in [1.82, 2.24) is 14.6 Å². The third-order valence-electron chi connectivity index (χ3n) is 4.32. The zero-order valence-corrected chi connectivity index (χ0v) is 15.8. The Labute approximate surface area is 160 Å². The highest BCUT2D eigenvalue weighted by Crippen LogP contribution is 2.25. The molecule has 4 rings (SSSR count). The summed E-state index contributed by atoms with van der Waals surface area (Å²) in [6.07, 6.45) is 0. The predicted octanol–water partition coefficient (Wildman–Crippen LogP) is 4.09. The summed E-state index contributed by atoms with van der Waals surface area (Å²) in [5, 5.41) is 9.10. The fourth-order valence-corrected chi connectivity index (χ4v) is 3.56. The first-order valence-corrected chi connectivity index (χ1v) is 9.38. The molecule has 0 aliphatic heterocycles. The number of nitrogens with zero attached hydrogens (tertiary/aromatic N) is 3. The van der Waals surface area contributed by atoms with Gasteiger partial charge in [-0.25, -0.2) is 4.52 Å². The quantitative estimate of drug-likeness (QED) is 0.568. The fourth-order valence-electron chi connectivity index (χ4n) is 2.73. The number of carbonyl (C=O) groups is 1. The number of hydrogen-bond donors (Lipinski definition) is 1. The van der Waals surface area contributed by atoms with E-state index in [1.807, 2.05) is 67.8 Å². The predicted molar refractivity (Wildman–Crippen MR) is 106 cm³/mol. The molecule has 1 N–H and O–H groups in total. The molecule has 2 heterocycles. The van der Waals surface area contributed by atoms with Gasteiger partial charge in [0.05, 0.1) is 5.69 Å². The molecule has 7 heteroatoms. The number of benzene rings is 2. The van der Waals surface area contributed by atoms with E-state index < -0.39 is 0 Å². The van der Waals surface area contributed by atoms with Gasteiger partial charge in [-0.05, 0) is 31.0 Å². The number of anilines is 1. The number of rotatable bonds is 5. The molecule has 0 saturated heterocycles. The van der Waals surface area contributed by atoms with Crippen molar-refractivity contribution in [3.63, 3.8) is 0 Å². The Morgan fingerprint density at radius 3 is 2.78 bits per heavy atom. The van der Waals surface area contributed by atoms with Crippen molar-refractivity contribution in [1.29, 1.82) is 0 Å². The minimum atomic E-state index is -0.296. The smallest absolute Gasteiger partial charge is 0.264 e. The number of ether oxygens (including phenoxy) is 1. The summed E-state index contributed by atoms with van der Waals surface area (Å²) in [6, 6.07) is 15.7. The van der Waals surface area contributed by atoms with E-state index in [0.717, 1.165) is 27.3 Å². The van der Waals surface area contributed by atoms with E-state index >= 15 is 0 Å². The summed E-state index contributed by atoms with van der Waals surface area (Å²) in [4.78, 5) is 17.3. The molecule has 0 atom stereocenters. The maximum Gasteiger partial charge on any atom is 0.264 e. The van der Waals surface area contributed by atoms with E-state index in [0.29, 0.717) is 5.75 Å². The Morgan fingerprint density at radius 1 is 1.15 bits per heavy atom. The van der Waals surface area contributed by atoms with Crippen molar-refractivity contribution >= 4 is 28.2 Å². The lowest BCUT2D eigenvalue weighted by molar-refractivity contribution is -0.118. The first-order valence-electron chi connectivity index (χ1n) is 8.50. The molecule has 1 amide bonds. The monoisotopic (exact) mass is 378 g/mol. The highest BCUT2D eigenvalue weighted by molar-refractivity contribution is 7.15. The summed E-state index contributed by atoms with van der Waals surface area (Å²) in [5.41, 5.74) is 4.14. The summed E-state index contributed by atoms with van der Waals surface area (Å²) >= 11 is 1.48. The van der Waals surface area contributed by atoms with Gasteiger partial charge < -0.3 is 4.74 Å². The van der Waals surface area contributed by atoms with E-state index in [1.165, 1.54) is 11.3 Å². The minimum Gasteiger partial charge on any atom is -0.483 e. The van der Waals surface area contributed by atoms with Crippen LogP contribution in [-0.2, 0) is 4.79 Å². The van der Waals surface area contributed by atoms with Gasteiger partial charge in [-0.1, -0.05) is 42.5 Å². The molecule has 0 spiro atoms. The third-order valence-corrected chi connectivity index (χ3v) is 5.13. The lowest BCUT2D eigenvalue weighted by atomic mass is 10.1. The summed E-state index contributed by atoms with van der Waals surface area (Å²) in [5.74, 6) is 0.680. The van der Waals surface area contributed by atoms with Crippen LogP contribution in [0.2, 0.25) is 0 Å². The van der Waals surface area contributed by atoms with Crippen LogP contribution in [0.4, 0.5) is 5.95 Å². The maximum atomic E-state index is 12.2. The van der Waals surface area contributed by atoms with Gasteiger partial charge in [-0.3, -0.25) is 10.1 Å². The zero-order valence-electron chi connectivity index (χ0n) is 15.0. The molecule has 0 radical (unpaired) electrons. The number of amides is 1. The molecule has 0 bridgehead atoms. The van der Waals surface area contributed by atoms with Crippen LogP contribution in [0.1, 0.15) is 11.1 Å². The van der Waals surface area contributed by atoms with Crippen LogP contribution in [-0.4, -0.2) is 27.1 Å². The van der Waals surface area contributed by atoms with Gasteiger partial charge in [-0.15, -0.1) is 16.4 Å². The van der Waals surface area contributed by atoms with Gasteiger partial charge >= 0.3 is 0 Å². The Kier molecular flexibility index (Phi) is 4.60. The van der Waals surface area contributed by atoms with Crippen molar-refractivity contribution in [2.75, 3.05) is 11.9 Å². The Balaban J connectivity index is 1.46. The molecule has 0 fully saturated rings. The van der Waals surface area contributed by atoms with E-state index in [2.05, 4.69) is 15.4 Å². The number of carbonyl (C=O) groups excluding carboxylic acids is 1. The number of aromatic nitrogens is 3. The molecule has 27 heavy (non-hydrogen) atoms. The van der Waals surface area contributed by atoms with Crippen molar-refractivity contribution in [2.24, 2.45) is 0 Å². The number of aryl methyl sites for hydroxylation is 1. The average Bonchev–Trinajstić information content (AvgIpc) is 3.23. The van der Waals surface area contributed by atoms with E-state index in [4.69, 9.17) is 4.74 Å². The summed E-state index contributed by atoms with van der Waals surface area (Å²) in [6.45, 7) is 3.88. The lowest BCUT2D eigenvalue weighted by Gasteiger charge is -2.10. The number of thiazole rings is 1. The molecule has 6 nitrogen and oxygen atoms in total. The molecule has 0 saturated carbocycles. The number of fused-ring (bicyclic) bond motifs is 1. The molecule has 0 unspecified atom stereocenters. The van der Waals surface area contributed by atoms with Gasteiger partial charge in [0, 0.05) is 10.9 Å². The highest BCUT2D eigenvalue weighted by Gasteiger charge is 2.14. The second-order valence-electron chi connectivity index (χ2n) is 6.15. The minimum absolute atomic E-state index is 0.0946. The molecule has 0 aliphatic rings. The zero-order chi connectivity index (χ0) is 18.8. The standard InChI is InChI=1S/C20H18N4O2S/c1-13-7-6-10-17(14(13)2)26-11-18(25)21-19-22-20-24(23-19)16(12-27-20)15-8-4-3-5-9-15/h3-10,12H,11H2,1-2H3,(H,21,23,25). The summed E-state index contributed by atoms with van der Waals surface area (Å²) in [7, 11) is 0. The van der Waals surface area contributed by atoms with Gasteiger partial charge in [0.15, 0.2) is 6.61 Å². The largest absolute Gasteiger partial charge is 0.483 e. The molecule has 136 valence electrons. The van der Waals surface area contributed by atoms with E-state index in [1.54, 1.807) is 4.52 Å². The van der Waals surface area contributed by atoms with Crippen LogP contribution in [0.5, 0.6) is 5.75 Å². The van der Waals surface area contributed by atoms with Crippen molar-refractivity contribution < 1.29 is 9.53 Å². The normalized spacial score (nSPS) is 10.9. The highest BCUT2D eigenvalue weighted by atomic mass is 32.1. The number of hydrogen-bond acceptors (Lipinski definition) is 5. The molecular weight excluding hydrogens is 360 g/mol. The van der Waals surface area contributed by atoms with Crippen LogP contribution in [0, 0.1) is 13.8 Å². The third kappa shape index (κ3) is 3.54. The second kappa shape index (κ2) is 7.20. The van der Waals surface area contributed by atoms with Crippen LogP contribution in [0.15, 0.2) is 53.9 Å². The molecular formula is C20H18N4O2S. The molecule has 2 aromatic carbocycles. The van der Waals surface area contributed by atoms with Crippen LogP contribution in [0.3, 0.4) is 0 Å². The van der Waals surface area contributed by atoms with Gasteiger partial charge in [0.25, 0.3) is 11.9 Å². The Hall–Kier alpha value is -3.19. The van der Waals surface area contributed by atoms with Gasteiger partial charge in [0.2, 0.25) is 4.96 Å². The van der Waals surface area contributed by atoms with Crippen LogP contribution in [0.25, 0.3) is 16.2 Å². The van der Waals surface area contributed by atoms with Crippen molar-refractivity contribution in [3.05, 3.63) is 65.0 Å². The summed E-state index contributed by atoms with van der Waals surface area (Å²) < 4.78 is 7.37.